The van der Waals surface area contributed by atoms with Crippen molar-refractivity contribution in [2.45, 2.75) is 50.8 Å². The van der Waals surface area contributed by atoms with Gasteiger partial charge in [0, 0.05) is 0 Å². The fraction of sp³-hybridized carbons (Fsp3) is 0.647. The molecule has 98 valence electrons. The molecule has 0 nitrogen and oxygen atoms in total. The monoisotopic (exact) mass is 262 g/mol. The molecule has 0 amide bonds. The Kier molecular flexibility index (Phi) is 3.66. The number of alkyl halides is 1. The van der Waals surface area contributed by atoms with Crippen LogP contribution >= 0.6 is 11.6 Å². The molecular formula is C17H23Cl. The summed E-state index contributed by atoms with van der Waals surface area (Å²) < 4.78 is 0. The third-order valence-electron chi connectivity index (χ3n) is 4.90. The van der Waals surface area contributed by atoms with Crippen molar-refractivity contribution < 1.29 is 0 Å². The van der Waals surface area contributed by atoms with Gasteiger partial charge in [-0.2, -0.15) is 0 Å². The lowest BCUT2D eigenvalue weighted by Crippen LogP contribution is -1.96. The molecular weight excluding hydrogens is 240 g/mol. The molecule has 0 aromatic heterocycles. The molecule has 0 heterocycles. The summed E-state index contributed by atoms with van der Waals surface area (Å²) in [5, 5.41) is 0.258. The van der Waals surface area contributed by atoms with Crippen molar-refractivity contribution in [1.82, 2.24) is 0 Å². The average molecular weight is 263 g/mol. The lowest BCUT2D eigenvalue weighted by Gasteiger charge is -2.10. The van der Waals surface area contributed by atoms with Gasteiger partial charge in [0.2, 0.25) is 0 Å². The Morgan fingerprint density at radius 3 is 2.28 bits per heavy atom. The van der Waals surface area contributed by atoms with Crippen LogP contribution in [0.15, 0.2) is 24.3 Å². The Hall–Kier alpha value is -0.490. The summed E-state index contributed by atoms with van der Waals surface area (Å²) in [4.78, 5) is 0. The summed E-state index contributed by atoms with van der Waals surface area (Å²) in [5.41, 5.74) is 2.79. The zero-order valence-corrected chi connectivity index (χ0v) is 12.0. The number of aryl methyl sites for hydroxylation is 1. The van der Waals surface area contributed by atoms with Gasteiger partial charge in [-0.25, -0.2) is 0 Å². The molecule has 0 radical (unpaired) electrons. The van der Waals surface area contributed by atoms with Crippen molar-refractivity contribution in [2.75, 3.05) is 0 Å². The highest BCUT2D eigenvalue weighted by molar-refractivity contribution is 6.21. The van der Waals surface area contributed by atoms with Gasteiger partial charge in [0.15, 0.2) is 0 Å². The molecule has 3 unspecified atom stereocenters. The number of benzene rings is 1. The summed E-state index contributed by atoms with van der Waals surface area (Å²) in [5.74, 6) is 2.65. The molecule has 1 aromatic carbocycles. The Bertz CT molecular complexity index is 383. The number of halogens is 1. The predicted molar refractivity (Wildman–Crippen MR) is 78.0 cm³/mol. The van der Waals surface area contributed by atoms with E-state index in [-0.39, 0.29) is 5.38 Å². The third kappa shape index (κ3) is 2.32. The topological polar surface area (TPSA) is 0 Å². The quantitative estimate of drug-likeness (QED) is 0.641. The number of hydrogen-bond donors (Lipinski definition) is 0. The molecule has 0 aliphatic heterocycles. The lowest BCUT2D eigenvalue weighted by atomic mass is 10.0. The second-order valence-electron chi connectivity index (χ2n) is 6.08. The second-order valence-corrected chi connectivity index (χ2v) is 6.55. The van der Waals surface area contributed by atoms with E-state index < -0.39 is 0 Å². The van der Waals surface area contributed by atoms with Crippen LogP contribution in [0.25, 0.3) is 0 Å². The maximum atomic E-state index is 6.71. The first kappa shape index (κ1) is 12.5. The van der Waals surface area contributed by atoms with Crippen molar-refractivity contribution in [1.29, 1.82) is 0 Å². The van der Waals surface area contributed by atoms with E-state index in [4.69, 9.17) is 11.6 Å². The van der Waals surface area contributed by atoms with Crippen LogP contribution in [0.1, 0.15) is 55.5 Å². The minimum Gasteiger partial charge on any atom is -0.117 e. The minimum atomic E-state index is 0.258. The van der Waals surface area contributed by atoms with E-state index in [0.717, 1.165) is 17.8 Å². The standard InChI is InChI=1S/C17H23Cl/c1-2-5-12-8-10-13(11-9-12)17(18)16-14-6-3-4-7-15(14)16/h8-11,14-17H,2-7H2,1H3. The Morgan fingerprint density at radius 1 is 1.11 bits per heavy atom. The summed E-state index contributed by atoms with van der Waals surface area (Å²) in [6, 6.07) is 9.04. The SMILES string of the molecule is CCCc1ccc(C(Cl)C2C3CCCCC32)cc1. The van der Waals surface area contributed by atoms with Crippen molar-refractivity contribution in [3.63, 3.8) is 0 Å². The van der Waals surface area contributed by atoms with Crippen molar-refractivity contribution >= 4 is 11.6 Å². The van der Waals surface area contributed by atoms with Gasteiger partial charge in [-0.15, -0.1) is 11.6 Å². The van der Waals surface area contributed by atoms with Gasteiger partial charge < -0.3 is 0 Å². The van der Waals surface area contributed by atoms with E-state index in [9.17, 15) is 0 Å². The van der Waals surface area contributed by atoms with Crippen LogP contribution in [0.2, 0.25) is 0 Å². The normalized spacial score (nSPS) is 31.8. The highest BCUT2D eigenvalue weighted by atomic mass is 35.5. The molecule has 1 aromatic rings. The van der Waals surface area contributed by atoms with Crippen molar-refractivity contribution in [2.24, 2.45) is 17.8 Å². The Balaban J connectivity index is 1.67. The molecule has 18 heavy (non-hydrogen) atoms. The largest absolute Gasteiger partial charge is 0.117 e. The van der Waals surface area contributed by atoms with Gasteiger partial charge >= 0.3 is 0 Å². The lowest BCUT2D eigenvalue weighted by molar-refractivity contribution is 0.480. The van der Waals surface area contributed by atoms with Gasteiger partial charge in [-0.3, -0.25) is 0 Å². The summed E-state index contributed by atoms with van der Waals surface area (Å²) in [7, 11) is 0. The van der Waals surface area contributed by atoms with Crippen molar-refractivity contribution in [3.05, 3.63) is 35.4 Å². The first-order chi connectivity index (χ1) is 8.81. The first-order valence-corrected chi connectivity index (χ1v) is 7.98. The Labute approximate surface area is 116 Å². The van der Waals surface area contributed by atoms with E-state index in [1.165, 1.54) is 49.7 Å². The smallest absolute Gasteiger partial charge is 0.0618 e. The zero-order valence-electron chi connectivity index (χ0n) is 11.2. The maximum Gasteiger partial charge on any atom is 0.0618 e. The maximum absolute atomic E-state index is 6.71. The molecule has 0 saturated heterocycles. The van der Waals surface area contributed by atoms with Crippen LogP contribution in [-0.2, 0) is 6.42 Å². The van der Waals surface area contributed by atoms with Gasteiger partial charge in [0.05, 0.1) is 5.38 Å². The van der Waals surface area contributed by atoms with Crippen LogP contribution in [0.5, 0.6) is 0 Å². The van der Waals surface area contributed by atoms with Crippen LogP contribution < -0.4 is 0 Å². The molecule has 2 saturated carbocycles. The Morgan fingerprint density at radius 2 is 1.72 bits per heavy atom. The number of rotatable bonds is 4. The molecule has 2 aliphatic carbocycles. The minimum absolute atomic E-state index is 0.258. The fourth-order valence-electron chi connectivity index (χ4n) is 3.86. The molecule has 2 fully saturated rings. The average Bonchev–Trinajstić information content (AvgIpc) is 3.13. The van der Waals surface area contributed by atoms with Crippen LogP contribution in [-0.4, -0.2) is 0 Å². The molecule has 0 bridgehead atoms. The van der Waals surface area contributed by atoms with E-state index in [1.807, 2.05) is 0 Å². The highest BCUT2D eigenvalue weighted by Gasteiger charge is 2.53. The first-order valence-electron chi connectivity index (χ1n) is 7.54. The molecule has 0 N–H and O–H groups in total. The predicted octanol–water partition coefficient (Wildman–Crippen LogP) is 5.36. The fourth-order valence-corrected chi connectivity index (χ4v) is 4.38. The number of hydrogen-bond acceptors (Lipinski definition) is 0. The molecule has 3 atom stereocenters. The molecule has 1 heteroatoms. The van der Waals surface area contributed by atoms with Gasteiger partial charge in [0.1, 0.15) is 0 Å². The van der Waals surface area contributed by atoms with E-state index in [1.54, 1.807) is 0 Å². The third-order valence-corrected chi connectivity index (χ3v) is 5.44. The van der Waals surface area contributed by atoms with Gasteiger partial charge in [-0.1, -0.05) is 50.5 Å². The van der Waals surface area contributed by atoms with Crippen LogP contribution in [0.3, 0.4) is 0 Å². The molecule has 2 aliphatic rings. The van der Waals surface area contributed by atoms with Gasteiger partial charge in [0.25, 0.3) is 0 Å². The summed E-state index contributed by atoms with van der Waals surface area (Å²) in [6.07, 6.45) is 8.10. The zero-order chi connectivity index (χ0) is 12.5. The number of fused-ring (bicyclic) bond motifs is 1. The second kappa shape index (κ2) is 5.25. The summed E-state index contributed by atoms with van der Waals surface area (Å²) >= 11 is 6.71. The molecule has 3 rings (SSSR count). The molecule has 0 spiro atoms. The van der Waals surface area contributed by atoms with E-state index >= 15 is 0 Å². The van der Waals surface area contributed by atoms with Crippen LogP contribution in [0, 0.1) is 17.8 Å². The van der Waals surface area contributed by atoms with E-state index in [0.29, 0.717) is 0 Å². The highest BCUT2D eigenvalue weighted by Crippen LogP contribution is 2.62. The van der Waals surface area contributed by atoms with Gasteiger partial charge in [-0.05, 0) is 48.1 Å². The van der Waals surface area contributed by atoms with E-state index in [2.05, 4.69) is 31.2 Å². The van der Waals surface area contributed by atoms with Crippen molar-refractivity contribution in [3.8, 4) is 0 Å². The summed E-state index contributed by atoms with van der Waals surface area (Å²) in [6.45, 7) is 2.23. The van der Waals surface area contributed by atoms with Crippen LogP contribution in [0.4, 0.5) is 0 Å².